The lowest BCUT2D eigenvalue weighted by Gasteiger charge is -2.03. The third-order valence-corrected chi connectivity index (χ3v) is 1.87. The summed E-state index contributed by atoms with van der Waals surface area (Å²) in [5.41, 5.74) is 0.621. The maximum absolute atomic E-state index is 11.0. The van der Waals surface area contributed by atoms with Gasteiger partial charge in [0.1, 0.15) is 0 Å². The molecule has 0 radical (unpaired) electrons. The van der Waals surface area contributed by atoms with Crippen molar-refractivity contribution in [2.45, 2.75) is 0 Å². The van der Waals surface area contributed by atoms with Crippen LogP contribution in [-0.2, 0) is 0 Å². The normalized spacial score (nSPS) is 10.3. The smallest absolute Gasteiger partial charge is 0.252 e. The van der Waals surface area contributed by atoms with Gasteiger partial charge in [0.2, 0.25) is 5.95 Å². The van der Waals surface area contributed by atoms with Gasteiger partial charge in [-0.3, -0.25) is 9.78 Å². The molecule has 16 heavy (non-hydrogen) atoms. The largest absolute Gasteiger partial charge is 0.326 e. The van der Waals surface area contributed by atoms with Gasteiger partial charge in [0, 0.05) is 18.0 Å². The Labute approximate surface area is 92.8 Å². The van der Waals surface area contributed by atoms with Crippen LogP contribution in [0, 0.1) is 11.3 Å². The molecule has 0 aliphatic carbocycles. The summed E-state index contributed by atoms with van der Waals surface area (Å²) < 4.78 is 7.56. The molecule has 1 heterocycles. The Hall–Kier alpha value is -2.61. The predicted molar refractivity (Wildman–Crippen MR) is 59.3 cm³/mol. The first-order valence-corrected chi connectivity index (χ1v) is 4.52. The van der Waals surface area contributed by atoms with Crippen molar-refractivity contribution in [3.8, 4) is 6.07 Å². The van der Waals surface area contributed by atoms with Gasteiger partial charge < -0.3 is 5.32 Å². The molecule has 2 aromatic rings. The van der Waals surface area contributed by atoms with Crippen molar-refractivity contribution in [3.05, 3.63) is 52.4 Å². The number of rotatable bonds is 2. The number of aromatic amines is 1. The molecule has 5 heteroatoms. The van der Waals surface area contributed by atoms with E-state index in [1.54, 1.807) is 6.07 Å². The van der Waals surface area contributed by atoms with Gasteiger partial charge in [-0.1, -0.05) is 0 Å². The molecule has 0 bridgehead atoms. The van der Waals surface area contributed by atoms with Crippen LogP contribution in [0.5, 0.6) is 0 Å². The zero-order chi connectivity index (χ0) is 12.3. The molecule has 0 spiro atoms. The van der Waals surface area contributed by atoms with E-state index >= 15 is 0 Å². The number of hydrogen-bond donors (Lipinski definition) is 2. The Morgan fingerprint density at radius 1 is 1.44 bits per heavy atom. The van der Waals surface area contributed by atoms with Crippen molar-refractivity contribution in [1.29, 1.82) is 5.26 Å². The Kier molecular flexibility index (Phi) is 2.32. The molecule has 0 aliphatic heterocycles. The van der Waals surface area contributed by atoms with Crippen molar-refractivity contribution < 1.29 is 1.37 Å². The van der Waals surface area contributed by atoms with Crippen LogP contribution in [0.2, 0.25) is 0 Å². The quantitative estimate of drug-likeness (QED) is 0.789. The van der Waals surface area contributed by atoms with Gasteiger partial charge in [0.15, 0.2) is 0 Å². The lowest BCUT2D eigenvalue weighted by atomic mass is 10.2. The first-order chi connectivity index (χ1) is 8.19. The highest BCUT2D eigenvalue weighted by molar-refractivity contribution is 5.54. The molecule has 1 aromatic heterocycles. The van der Waals surface area contributed by atoms with Crippen molar-refractivity contribution in [2.75, 3.05) is 5.32 Å². The number of benzene rings is 1. The minimum atomic E-state index is -0.262. The third kappa shape index (κ3) is 2.25. The van der Waals surface area contributed by atoms with E-state index in [-0.39, 0.29) is 11.6 Å². The predicted octanol–water partition coefficient (Wildman–Crippen LogP) is 1.39. The third-order valence-electron chi connectivity index (χ3n) is 1.87. The van der Waals surface area contributed by atoms with Gasteiger partial charge in [0.05, 0.1) is 13.0 Å². The van der Waals surface area contributed by atoms with E-state index in [2.05, 4.69) is 15.3 Å². The topological polar surface area (TPSA) is 81.6 Å². The number of H-pyrrole nitrogens is 1. The van der Waals surface area contributed by atoms with Crippen LogP contribution in [0.25, 0.3) is 0 Å². The van der Waals surface area contributed by atoms with Gasteiger partial charge >= 0.3 is 0 Å². The minimum absolute atomic E-state index is 0.121. The van der Waals surface area contributed by atoms with Crippen LogP contribution < -0.4 is 10.9 Å². The molecule has 2 rings (SSSR count). The molecule has 0 atom stereocenters. The van der Waals surface area contributed by atoms with E-state index in [0.29, 0.717) is 17.2 Å². The zero-order valence-electron chi connectivity index (χ0n) is 9.19. The molecule has 0 fully saturated rings. The van der Waals surface area contributed by atoms with Crippen LogP contribution in [0.15, 0.2) is 41.3 Å². The van der Waals surface area contributed by atoms with Crippen molar-refractivity contribution in [2.24, 2.45) is 0 Å². The lowest BCUT2D eigenvalue weighted by molar-refractivity contribution is 1.12. The zero-order valence-corrected chi connectivity index (χ0v) is 8.19. The summed E-state index contributed by atoms with van der Waals surface area (Å²) in [6.45, 7) is 0. The highest BCUT2D eigenvalue weighted by Crippen LogP contribution is 2.12. The molecule has 0 saturated carbocycles. The van der Waals surface area contributed by atoms with Gasteiger partial charge in [-0.05, 0) is 24.2 Å². The van der Waals surface area contributed by atoms with Crippen LogP contribution >= 0.6 is 0 Å². The van der Waals surface area contributed by atoms with Gasteiger partial charge in [0.25, 0.3) is 5.56 Å². The molecule has 5 nitrogen and oxygen atoms in total. The highest BCUT2D eigenvalue weighted by atomic mass is 16.1. The van der Waals surface area contributed by atoms with E-state index in [0.717, 1.165) is 0 Å². The van der Waals surface area contributed by atoms with Crippen LogP contribution in [-0.4, -0.2) is 9.97 Å². The Bertz CT molecular complexity index is 644. The molecule has 0 saturated heterocycles. The van der Waals surface area contributed by atoms with Crippen LogP contribution in [0.1, 0.15) is 6.93 Å². The molecule has 2 N–H and O–H groups in total. The Balaban J connectivity index is 2.28. The number of nitriles is 1. The molecular formula is C11H8N4O. The molecule has 0 unspecified atom stereocenters. The van der Waals surface area contributed by atoms with Crippen LogP contribution in [0.4, 0.5) is 11.6 Å². The van der Waals surface area contributed by atoms with Gasteiger partial charge in [-0.15, -0.1) is 0 Å². The molecule has 0 amide bonds. The molecule has 1 aromatic carbocycles. The standard InChI is InChI=1S/C11H8N4O/c12-7-8-1-3-9(4-2-8)14-11-13-6-5-10(16)15-11/h1-6H,(H2,13,14,15,16)/i1D. The summed E-state index contributed by atoms with van der Waals surface area (Å²) in [7, 11) is 0. The summed E-state index contributed by atoms with van der Waals surface area (Å²) in [6.07, 6.45) is 1.38. The first kappa shape index (κ1) is 8.68. The number of nitrogens with one attached hydrogen (secondary N) is 2. The second-order valence-electron chi connectivity index (χ2n) is 3.01. The first-order valence-electron chi connectivity index (χ1n) is 5.02. The fourth-order valence-electron chi connectivity index (χ4n) is 1.14. The number of anilines is 2. The number of hydrogen-bond acceptors (Lipinski definition) is 4. The average Bonchev–Trinajstić information content (AvgIpc) is 2.29. The molecule has 78 valence electrons. The monoisotopic (exact) mass is 213 g/mol. The van der Waals surface area contributed by atoms with E-state index < -0.39 is 0 Å². The summed E-state index contributed by atoms with van der Waals surface area (Å²) >= 11 is 0. The minimum Gasteiger partial charge on any atom is -0.326 e. The van der Waals surface area contributed by atoms with E-state index in [1.807, 2.05) is 6.07 Å². The molecule has 0 aliphatic rings. The Morgan fingerprint density at radius 2 is 2.31 bits per heavy atom. The fraction of sp³-hybridized carbons (Fsp3) is 0. The van der Waals surface area contributed by atoms with Crippen LogP contribution in [0.3, 0.4) is 0 Å². The second kappa shape index (κ2) is 4.28. The maximum Gasteiger partial charge on any atom is 0.252 e. The van der Waals surface area contributed by atoms with Crippen molar-refractivity contribution in [3.63, 3.8) is 0 Å². The number of nitrogens with zero attached hydrogens (tertiary/aromatic N) is 2. The number of aromatic nitrogens is 2. The fourth-order valence-corrected chi connectivity index (χ4v) is 1.14. The average molecular weight is 213 g/mol. The second-order valence-corrected chi connectivity index (χ2v) is 3.01. The highest BCUT2D eigenvalue weighted by Gasteiger charge is 1.96. The van der Waals surface area contributed by atoms with Gasteiger partial charge in [-0.25, -0.2) is 4.98 Å². The summed E-state index contributed by atoms with van der Waals surface area (Å²) in [6, 6.07) is 8.00. The van der Waals surface area contributed by atoms with E-state index in [4.69, 9.17) is 6.63 Å². The summed E-state index contributed by atoms with van der Waals surface area (Å²) in [5.74, 6) is 0.293. The lowest BCUT2D eigenvalue weighted by Crippen LogP contribution is -2.08. The van der Waals surface area contributed by atoms with Crippen molar-refractivity contribution in [1.82, 2.24) is 9.97 Å². The van der Waals surface area contributed by atoms with E-state index in [1.165, 1.54) is 24.4 Å². The van der Waals surface area contributed by atoms with E-state index in [9.17, 15) is 4.79 Å². The summed E-state index contributed by atoms with van der Waals surface area (Å²) in [5, 5.41) is 11.5. The SMILES string of the molecule is [2H]c1cc(Nc2nccc(=O)[nH]2)ccc1C#N. The summed E-state index contributed by atoms with van der Waals surface area (Å²) in [4.78, 5) is 17.4. The maximum atomic E-state index is 11.0. The van der Waals surface area contributed by atoms with Crippen molar-refractivity contribution >= 4 is 11.6 Å². The molecular weight excluding hydrogens is 204 g/mol. The van der Waals surface area contributed by atoms with Gasteiger partial charge in [-0.2, -0.15) is 5.26 Å². The Morgan fingerprint density at radius 3 is 3.00 bits per heavy atom.